The molecule has 1 aliphatic rings. The van der Waals surface area contributed by atoms with Crippen molar-refractivity contribution >= 4 is 21.6 Å². The Balaban J connectivity index is 1.98. The van der Waals surface area contributed by atoms with E-state index in [-0.39, 0.29) is 0 Å². The Hall–Kier alpha value is -0.580. The predicted octanol–water partition coefficient (Wildman–Crippen LogP) is 3.28. The molecule has 1 N–H and O–H groups in total. The van der Waals surface area contributed by atoms with Crippen LogP contribution in [0, 0.1) is 11.8 Å². The van der Waals surface area contributed by atoms with Crippen LogP contribution < -0.4 is 10.2 Å². The molecular weight excluding hydrogens is 316 g/mol. The number of hydrogen-bond donors (Lipinski definition) is 1. The summed E-state index contributed by atoms with van der Waals surface area (Å²) < 4.78 is 6.21. The van der Waals surface area contributed by atoms with Crippen LogP contribution in [-0.2, 0) is 11.3 Å². The van der Waals surface area contributed by atoms with Crippen molar-refractivity contribution < 1.29 is 4.74 Å². The summed E-state index contributed by atoms with van der Waals surface area (Å²) in [4.78, 5) is 2.40. The molecule has 0 radical (unpaired) electrons. The Bertz CT molecular complexity index is 438. The minimum atomic E-state index is 0.751. The van der Waals surface area contributed by atoms with Crippen molar-refractivity contribution in [1.82, 2.24) is 5.32 Å². The molecule has 0 spiro atoms. The number of methoxy groups -OCH3 is 1. The average Bonchev–Trinajstić information content (AvgIpc) is 3.11. The SMILES string of the molecule is COCCNCc1ccc(Br)cc1N(C)CC1CC1C. The molecule has 0 bridgehead atoms. The van der Waals surface area contributed by atoms with E-state index in [0.29, 0.717) is 0 Å². The highest BCUT2D eigenvalue weighted by molar-refractivity contribution is 9.10. The molecule has 1 aromatic rings. The predicted molar refractivity (Wildman–Crippen MR) is 88.3 cm³/mol. The van der Waals surface area contributed by atoms with Crippen molar-refractivity contribution in [2.75, 3.05) is 38.8 Å². The molecule has 3 nitrogen and oxygen atoms in total. The van der Waals surface area contributed by atoms with Crippen LogP contribution in [0.4, 0.5) is 5.69 Å². The third-order valence-corrected chi connectivity index (χ3v) is 4.53. The third kappa shape index (κ3) is 4.47. The topological polar surface area (TPSA) is 24.5 Å². The van der Waals surface area contributed by atoms with E-state index < -0.39 is 0 Å². The zero-order valence-electron chi connectivity index (χ0n) is 12.7. The average molecular weight is 341 g/mol. The number of nitrogens with zero attached hydrogens (tertiary/aromatic N) is 1. The molecule has 0 heterocycles. The van der Waals surface area contributed by atoms with Crippen LogP contribution in [0.1, 0.15) is 18.9 Å². The number of anilines is 1. The molecule has 0 aliphatic heterocycles. The van der Waals surface area contributed by atoms with Gasteiger partial charge in [-0.25, -0.2) is 0 Å². The standard InChI is InChI=1S/C16H25BrN2O/c1-12-8-14(12)11-19(2)16-9-15(17)5-4-13(16)10-18-6-7-20-3/h4-5,9,12,14,18H,6-8,10-11H2,1-3H3. The fraction of sp³-hybridized carbons (Fsp3) is 0.625. The van der Waals surface area contributed by atoms with Gasteiger partial charge in [0.2, 0.25) is 0 Å². The number of ether oxygens (including phenoxy) is 1. The zero-order valence-corrected chi connectivity index (χ0v) is 14.2. The van der Waals surface area contributed by atoms with Gasteiger partial charge in [-0.2, -0.15) is 0 Å². The van der Waals surface area contributed by atoms with Gasteiger partial charge in [0.25, 0.3) is 0 Å². The molecular formula is C16H25BrN2O. The van der Waals surface area contributed by atoms with Crippen molar-refractivity contribution in [1.29, 1.82) is 0 Å². The van der Waals surface area contributed by atoms with Crippen LogP contribution in [0.25, 0.3) is 0 Å². The van der Waals surface area contributed by atoms with E-state index in [1.807, 2.05) is 0 Å². The Kier molecular flexibility index (Phi) is 5.87. The van der Waals surface area contributed by atoms with Gasteiger partial charge in [0.05, 0.1) is 6.61 Å². The summed E-state index contributed by atoms with van der Waals surface area (Å²) in [5, 5.41) is 3.43. The molecule has 112 valence electrons. The number of nitrogens with one attached hydrogen (secondary N) is 1. The molecule has 2 rings (SSSR count). The number of hydrogen-bond acceptors (Lipinski definition) is 3. The molecule has 0 amide bonds. The molecule has 2 atom stereocenters. The van der Waals surface area contributed by atoms with Crippen LogP contribution >= 0.6 is 15.9 Å². The maximum atomic E-state index is 5.07. The van der Waals surface area contributed by atoms with Crippen LogP contribution in [0.3, 0.4) is 0 Å². The monoisotopic (exact) mass is 340 g/mol. The van der Waals surface area contributed by atoms with E-state index in [4.69, 9.17) is 4.74 Å². The van der Waals surface area contributed by atoms with Crippen molar-refractivity contribution in [3.63, 3.8) is 0 Å². The lowest BCUT2D eigenvalue weighted by Crippen LogP contribution is -2.24. The van der Waals surface area contributed by atoms with E-state index in [0.717, 1.165) is 42.5 Å². The van der Waals surface area contributed by atoms with Gasteiger partial charge in [0.15, 0.2) is 0 Å². The highest BCUT2D eigenvalue weighted by atomic mass is 79.9. The number of benzene rings is 1. The lowest BCUT2D eigenvalue weighted by atomic mass is 10.1. The Labute approximate surface area is 130 Å². The molecule has 0 saturated heterocycles. The van der Waals surface area contributed by atoms with Crippen LogP contribution in [0.2, 0.25) is 0 Å². The van der Waals surface area contributed by atoms with Gasteiger partial charge in [-0.1, -0.05) is 28.9 Å². The van der Waals surface area contributed by atoms with Crippen molar-refractivity contribution in [3.05, 3.63) is 28.2 Å². The van der Waals surface area contributed by atoms with Gasteiger partial charge in [-0.3, -0.25) is 0 Å². The summed E-state index contributed by atoms with van der Waals surface area (Å²) >= 11 is 3.58. The summed E-state index contributed by atoms with van der Waals surface area (Å²) in [5.74, 6) is 1.76. The smallest absolute Gasteiger partial charge is 0.0587 e. The molecule has 0 aromatic heterocycles. The molecule has 1 fully saturated rings. The minimum Gasteiger partial charge on any atom is -0.383 e. The first-order valence-corrected chi connectivity index (χ1v) is 8.10. The summed E-state index contributed by atoms with van der Waals surface area (Å²) in [5.41, 5.74) is 2.67. The zero-order chi connectivity index (χ0) is 14.5. The first-order chi connectivity index (χ1) is 9.61. The van der Waals surface area contributed by atoms with Crippen LogP contribution in [0.5, 0.6) is 0 Å². The lowest BCUT2D eigenvalue weighted by molar-refractivity contribution is 0.199. The first-order valence-electron chi connectivity index (χ1n) is 7.31. The van der Waals surface area contributed by atoms with E-state index in [9.17, 15) is 0 Å². The van der Waals surface area contributed by atoms with Gasteiger partial charge in [0, 0.05) is 44.0 Å². The van der Waals surface area contributed by atoms with Gasteiger partial charge >= 0.3 is 0 Å². The summed E-state index contributed by atoms with van der Waals surface area (Å²) in [7, 11) is 3.93. The highest BCUT2D eigenvalue weighted by Crippen LogP contribution is 2.39. The molecule has 2 unspecified atom stereocenters. The van der Waals surface area contributed by atoms with Crippen LogP contribution in [0.15, 0.2) is 22.7 Å². The van der Waals surface area contributed by atoms with E-state index in [1.165, 1.54) is 17.7 Å². The Morgan fingerprint density at radius 2 is 2.20 bits per heavy atom. The summed E-state index contributed by atoms with van der Waals surface area (Å²) in [6.07, 6.45) is 1.37. The maximum Gasteiger partial charge on any atom is 0.0587 e. The Morgan fingerprint density at radius 3 is 2.85 bits per heavy atom. The summed E-state index contributed by atoms with van der Waals surface area (Å²) in [6.45, 7) is 6.02. The summed E-state index contributed by atoms with van der Waals surface area (Å²) in [6, 6.07) is 6.54. The minimum absolute atomic E-state index is 0.751. The normalized spacial score (nSPS) is 21.0. The van der Waals surface area contributed by atoms with Gasteiger partial charge in [-0.15, -0.1) is 0 Å². The number of halogens is 1. The molecule has 1 aromatic carbocycles. The Morgan fingerprint density at radius 1 is 1.45 bits per heavy atom. The maximum absolute atomic E-state index is 5.07. The quantitative estimate of drug-likeness (QED) is 0.735. The van der Waals surface area contributed by atoms with Crippen molar-refractivity contribution in [3.8, 4) is 0 Å². The largest absolute Gasteiger partial charge is 0.383 e. The fourth-order valence-electron chi connectivity index (χ4n) is 2.54. The molecule has 1 aliphatic carbocycles. The van der Waals surface area contributed by atoms with E-state index in [1.54, 1.807) is 7.11 Å². The van der Waals surface area contributed by atoms with Gasteiger partial charge in [-0.05, 0) is 36.0 Å². The van der Waals surface area contributed by atoms with Crippen molar-refractivity contribution in [2.45, 2.75) is 19.9 Å². The lowest BCUT2D eigenvalue weighted by Gasteiger charge is -2.23. The molecule has 4 heteroatoms. The second-order valence-electron chi connectivity index (χ2n) is 5.80. The molecule has 20 heavy (non-hydrogen) atoms. The number of rotatable bonds is 8. The van der Waals surface area contributed by atoms with E-state index in [2.05, 4.69) is 58.3 Å². The molecule has 1 saturated carbocycles. The van der Waals surface area contributed by atoms with Crippen LogP contribution in [-0.4, -0.2) is 33.9 Å². The second kappa shape index (κ2) is 7.43. The third-order valence-electron chi connectivity index (χ3n) is 4.04. The first kappa shape index (κ1) is 15.8. The van der Waals surface area contributed by atoms with Crippen molar-refractivity contribution in [2.24, 2.45) is 11.8 Å². The van der Waals surface area contributed by atoms with E-state index >= 15 is 0 Å². The fourth-order valence-corrected chi connectivity index (χ4v) is 2.89. The highest BCUT2D eigenvalue weighted by Gasteiger charge is 2.33. The second-order valence-corrected chi connectivity index (χ2v) is 6.71. The van der Waals surface area contributed by atoms with Gasteiger partial charge in [0.1, 0.15) is 0 Å². The van der Waals surface area contributed by atoms with Gasteiger partial charge < -0.3 is 15.0 Å².